The first-order valence-corrected chi connectivity index (χ1v) is 8.52. The second-order valence-corrected chi connectivity index (χ2v) is 7.31. The highest BCUT2D eigenvalue weighted by atomic mass is 79.9. The molecule has 0 aliphatic rings. The van der Waals surface area contributed by atoms with Crippen LogP contribution in [0.5, 0.6) is 0 Å². The van der Waals surface area contributed by atoms with Crippen molar-refractivity contribution in [1.29, 1.82) is 0 Å². The third kappa shape index (κ3) is 3.45. The predicted octanol–water partition coefficient (Wildman–Crippen LogP) is 3.77. The van der Waals surface area contributed by atoms with Gasteiger partial charge in [-0.15, -0.1) is 0 Å². The van der Waals surface area contributed by atoms with Gasteiger partial charge in [-0.3, -0.25) is 14.8 Å². The molecule has 8 heteroatoms. The van der Waals surface area contributed by atoms with Crippen molar-refractivity contribution < 1.29 is 13.3 Å². The highest BCUT2D eigenvalue weighted by molar-refractivity contribution is 9.10. The Morgan fingerprint density at radius 2 is 1.73 bits per heavy atom. The van der Waals surface area contributed by atoms with E-state index in [-0.39, 0.29) is 10.6 Å². The summed E-state index contributed by atoms with van der Waals surface area (Å²) in [7, 11) is -3.89. The molecule has 0 saturated carbocycles. The van der Waals surface area contributed by atoms with Crippen LogP contribution >= 0.6 is 15.9 Å². The van der Waals surface area contributed by atoms with Gasteiger partial charge in [0.05, 0.1) is 9.82 Å². The molecule has 0 radical (unpaired) electrons. The molecule has 0 heterocycles. The molecule has 0 spiro atoms. The van der Waals surface area contributed by atoms with E-state index in [4.69, 9.17) is 0 Å². The van der Waals surface area contributed by atoms with Crippen LogP contribution in [0.3, 0.4) is 0 Å². The number of rotatable bonds is 4. The zero-order chi connectivity index (χ0) is 16.5. The van der Waals surface area contributed by atoms with Gasteiger partial charge < -0.3 is 0 Å². The molecule has 1 N–H and O–H groups in total. The molecule has 2 aromatic carbocycles. The number of hydrogen-bond donors (Lipinski definition) is 1. The molecule has 22 heavy (non-hydrogen) atoms. The summed E-state index contributed by atoms with van der Waals surface area (Å²) in [6.07, 6.45) is 0. The fraction of sp³-hybridized carbons (Fsp3) is 0.143. The third-order valence-corrected chi connectivity index (χ3v) is 5.34. The van der Waals surface area contributed by atoms with Gasteiger partial charge in [-0.25, -0.2) is 8.42 Å². The number of benzene rings is 2. The Kier molecular flexibility index (Phi) is 4.52. The number of anilines is 1. The van der Waals surface area contributed by atoms with Gasteiger partial charge in [-0.2, -0.15) is 0 Å². The molecule has 0 fully saturated rings. The fourth-order valence-electron chi connectivity index (χ4n) is 1.82. The van der Waals surface area contributed by atoms with E-state index in [2.05, 4.69) is 20.7 Å². The quantitative estimate of drug-likeness (QED) is 0.641. The van der Waals surface area contributed by atoms with E-state index < -0.39 is 14.9 Å². The van der Waals surface area contributed by atoms with Crippen molar-refractivity contribution in [2.24, 2.45) is 0 Å². The van der Waals surface area contributed by atoms with Gasteiger partial charge >= 0.3 is 0 Å². The zero-order valence-corrected chi connectivity index (χ0v) is 14.2. The van der Waals surface area contributed by atoms with Crippen LogP contribution < -0.4 is 4.72 Å². The Hall–Kier alpha value is -1.93. The van der Waals surface area contributed by atoms with Crippen LogP contribution in [0.2, 0.25) is 0 Å². The first-order chi connectivity index (χ1) is 10.2. The van der Waals surface area contributed by atoms with Crippen molar-refractivity contribution in [3.8, 4) is 0 Å². The van der Waals surface area contributed by atoms with Crippen LogP contribution in [0.1, 0.15) is 11.1 Å². The molecule has 0 atom stereocenters. The normalized spacial score (nSPS) is 11.2. The Labute approximate surface area is 136 Å². The number of nitrogens with zero attached hydrogens (tertiary/aromatic N) is 1. The van der Waals surface area contributed by atoms with Crippen LogP contribution in [0.25, 0.3) is 0 Å². The van der Waals surface area contributed by atoms with Gasteiger partial charge in [0.1, 0.15) is 0 Å². The zero-order valence-electron chi connectivity index (χ0n) is 11.8. The highest BCUT2D eigenvalue weighted by Gasteiger charge is 2.20. The standard InChI is InChI=1S/C14H13BrN2O4S/c1-9-3-5-11(7-13(9)15)16-22(20,21)12-6-4-10(2)14(8-12)17(18)19/h3-8,16H,1-2H3. The number of hydrogen-bond acceptors (Lipinski definition) is 4. The smallest absolute Gasteiger partial charge is 0.273 e. The summed E-state index contributed by atoms with van der Waals surface area (Å²) < 4.78 is 27.8. The van der Waals surface area contributed by atoms with Crippen LogP contribution in [-0.2, 0) is 10.0 Å². The Morgan fingerprint density at radius 1 is 1.09 bits per heavy atom. The van der Waals surface area contributed by atoms with E-state index in [0.29, 0.717) is 11.3 Å². The topological polar surface area (TPSA) is 89.3 Å². The average molecular weight is 385 g/mol. The molecule has 6 nitrogen and oxygen atoms in total. The summed E-state index contributed by atoms with van der Waals surface area (Å²) in [5, 5.41) is 10.9. The molecule has 0 unspecified atom stereocenters. The van der Waals surface area contributed by atoms with Gasteiger partial charge in [0.25, 0.3) is 15.7 Å². The summed E-state index contributed by atoms with van der Waals surface area (Å²) in [5.74, 6) is 0. The second kappa shape index (κ2) is 6.05. The largest absolute Gasteiger partial charge is 0.280 e. The number of halogens is 1. The maximum Gasteiger partial charge on any atom is 0.273 e. The predicted molar refractivity (Wildman–Crippen MR) is 87.5 cm³/mol. The van der Waals surface area contributed by atoms with Crippen LogP contribution in [0, 0.1) is 24.0 Å². The van der Waals surface area contributed by atoms with E-state index in [1.54, 1.807) is 25.1 Å². The van der Waals surface area contributed by atoms with Gasteiger partial charge in [0.2, 0.25) is 0 Å². The molecular weight excluding hydrogens is 372 g/mol. The molecule has 2 rings (SSSR count). The van der Waals surface area contributed by atoms with E-state index in [9.17, 15) is 18.5 Å². The molecule has 0 bridgehead atoms. The minimum Gasteiger partial charge on any atom is -0.280 e. The molecular formula is C14H13BrN2O4S. The lowest BCUT2D eigenvalue weighted by Crippen LogP contribution is -2.13. The lowest BCUT2D eigenvalue weighted by Gasteiger charge is -2.10. The highest BCUT2D eigenvalue weighted by Crippen LogP contribution is 2.26. The van der Waals surface area contributed by atoms with Crippen LogP contribution in [-0.4, -0.2) is 13.3 Å². The Morgan fingerprint density at radius 3 is 2.32 bits per heavy atom. The Bertz CT molecular complexity index is 850. The molecule has 116 valence electrons. The van der Waals surface area contributed by atoms with E-state index in [1.807, 2.05) is 6.92 Å². The van der Waals surface area contributed by atoms with Gasteiger partial charge in [-0.1, -0.05) is 28.1 Å². The lowest BCUT2D eigenvalue weighted by molar-refractivity contribution is -0.385. The fourth-order valence-corrected chi connectivity index (χ4v) is 3.27. The summed E-state index contributed by atoms with van der Waals surface area (Å²) in [6.45, 7) is 3.44. The average Bonchev–Trinajstić information content (AvgIpc) is 2.42. The van der Waals surface area contributed by atoms with Crippen molar-refractivity contribution in [2.45, 2.75) is 18.7 Å². The number of aryl methyl sites for hydroxylation is 2. The number of sulfonamides is 1. The van der Waals surface area contributed by atoms with Gasteiger partial charge in [-0.05, 0) is 37.6 Å². The monoisotopic (exact) mass is 384 g/mol. The second-order valence-electron chi connectivity index (χ2n) is 4.77. The van der Waals surface area contributed by atoms with Crippen molar-refractivity contribution in [2.75, 3.05) is 4.72 Å². The Balaban J connectivity index is 2.40. The maximum absolute atomic E-state index is 12.3. The number of nitro benzene ring substituents is 1. The van der Waals surface area contributed by atoms with E-state index in [0.717, 1.165) is 16.1 Å². The summed E-state index contributed by atoms with van der Waals surface area (Å²) in [6, 6.07) is 8.84. The van der Waals surface area contributed by atoms with Crippen molar-refractivity contribution in [3.63, 3.8) is 0 Å². The van der Waals surface area contributed by atoms with E-state index in [1.165, 1.54) is 12.1 Å². The van der Waals surface area contributed by atoms with Gasteiger partial charge in [0, 0.05) is 21.8 Å². The third-order valence-electron chi connectivity index (χ3n) is 3.11. The van der Waals surface area contributed by atoms with Crippen molar-refractivity contribution in [3.05, 3.63) is 62.1 Å². The molecule has 0 amide bonds. The van der Waals surface area contributed by atoms with Crippen molar-refractivity contribution >= 4 is 37.3 Å². The van der Waals surface area contributed by atoms with Crippen LogP contribution in [0.4, 0.5) is 11.4 Å². The summed E-state index contributed by atoms with van der Waals surface area (Å²) in [5.41, 5.74) is 1.52. The molecule has 0 aliphatic carbocycles. The first-order valence-electron chi connectivity index (χ1n) is 6.25. The maximum atomic E-state index is 12.3. The summed E-state index contributed by atoms with van der Waals surface area (Å²) >= 11 is 3.33. The molecule has 0 saturated heterocycles. The van der Waals surface area contributed by atoms with Crippen LogP contribution in [0.15, 0.2) is 45.8 Å². The minimum atomic E-state index is -3.89. The number of nitro groups is 1. The van der Waals surface area contributed by atoms with Crippen molar-refractivity contribution in [1.82, 2.24) is 0 Å². The van der Waals surface area contributed by atoms with Gasteiger partial charge in [0.15, 0.2) is 0 Å². The molecule has 0 aromatic heterocycles. The molecule has 2 aromatic rings. The lowest BCUT2D eigenvalue weighted by atomic mass is 10.2. The summed E-state index contributed by atoms with van der Waals surface area (Å²) in [4.78, 5) is 10.2. The SMILES string of the molecule is Cc1ccc(NS(=O)(=O)c2ccc(C)c([N+](=O)[O-])c2)cc1Br. The number of nitrogens with one attached hydrogen (secondary N) is 1. The first kappa shape index (κ1) is 16.4. The van der Waals surface area contributed by atoms with E-state index >= 15 is 0 Å². The molecule has 0 aliphatic heterocycles. The minimum absolute atomic E-state index is 0.151.